The van der Waals surface area contributed by atoms with Crippen LogP contribution < -0.4 is 10.1 Å². The highest BCUT2D eigenvalue weighted by Gasteiger charge is 2.01. The molecule has 0 heterocycles. The van der Waals surface area contributed by atoms with Crippen molar-refractivity contribution >= 4 is 11.9 Å². The lowest BCUT2D eigenvalue weighted by Crippen LogP contribution is -2.28. The zero-order chi connectivity index (χ0) is 17.1. The third-order valence-corrected chi connectivity index (χ3v) is 2.73. The number of carbonyl (C=O) groups excluding carboxylic acids is 2. The van der Waals surface area contributed by atoms with Crippen LogP contribution in [0.3, 0.4) is 0 Å². The Morgan fingerprint density at radius 1 is 1.26 bits per heavy atom. The minimum Gasteiger partial charge on any atom is -0.490 e. The summed E-state index contributed by atoms with van der Waals surface area (Å²) in [7, 11) is 4.04. The highest BCUT2D eigenvalue weighted by molar-refractivity contribution is 5.79. The van der Waals surface area contributed by atoms with Gasteiger partial charge in [-0.05, 0) is 37.9 Å². The number of nitrogens with one attached hydrogen (secondary N) is 1. The fourth-order valence-corrected chi connectivity index (χ4v) is 1.79. The quantitative estimate of drug-likeness (QED) is 0.550. The minimum absolute atomic E-state index is 0.252. The predicted molar refractivity (Wildman–Crippen MR) is 88.1 cm³/mol. The molecule has 0 aliphatic rings. The molecule has 0 unspecified atom stereocenters. The van der Waals surface area contributed by atoms with Crippen LogP contribution in [0.1, 0.15) is 12.5 Å². The fourth-order valence-electron chi connectivity index (χ4n) is 1.79. The fraction of sp³-hybridized carbons (Fsp3) is 0.412. The van der Waals surface area contributed by atoms with Gasteiger partial charge in [0.2, 0.25) is 0 Å². The van der Waals surface area contributed by atoms with E-state index in [2.05, 4.69) is 21.0 Å². The summed E-state index contributed by atoms with van der Waals surface area (Å²) in [6, 6.07) is 7.94. The second-order valence-electron chi connectivity index (χ2n) is 5.25. The van der Waals surface area contributed by atoms with Crippen LogP contribution >= 0.6 is 0 Å². The Labute approximate surface area is 137 Å². The Bertz CT molecular complexity index is 541. The summed E-state index contributed by atoms with van der Waals surface area (Å²) in [6.07, 6.45) is 3.61. The number of esters is 1. The normalized spacial score (nSPS) is 10.8. The van der Waals surface area contributed by atoms with Crippen molar-refractivity contribution in [3.63, 3.8) is 0 Å². The van der Waals surface area contributed by atoms with Crippen LogP contribution in [0.25, 0.3) is 0 Å². The topological polar surface area (TPSA) is 67.9 Å². The van der Waals surface area contributed by atoms with Gasteiger partial charge in [0, 0.05) is 20.0 Å². The van der Waals surface area contributed by atoms with Crippen LogP contribution in [0.5, 0.6) is 5.75 Å². The number of nitrogens with zero attached hydrogens (tertiary/aromatic N) is 1. The van der Waals surface area contributed by atoms with E-state index < -0.39 is 5.97 Å². The van der Waals surface area contributed by atoms with Crippen LogP contribution in [0.2, 0.25) is 0 Å². The summed E-state index contributed by atoms with van der Waals surface area (Å²) in [4.78, 5) is 23.9. The van der Waals surface area contributed by atoms with E-state index in [1.54, 1.807) is 6.08 Å². The van der Waals surface area contributed by atoms with Gasteiger partial charge in [0.25, 0.3) is 5.91 Å². The van der Waals surface area contributed by atoms with E-state index in [-0.39, 0.29) is 12.5 Å². The highest BCUT2D eigenvalue weighted by Crippen LogP contribution is 2.14. The molecule has 126 valence electrons. The largest absolute Gasteiger partial charge is 0.490 e. The highest BCUT2D eigenvalue weighted by atomic mass is 16.5. The number of ether oxygens (including phenoxy) is 2. The van der Waals surface area contributed by atoms with Gasteiger partial charge in [-0.1, -0.05) is 18.2 Å². The Hall–Kier alpha value is -2.34. The molecule has 0 saturated carbocycles. The molecular formula is C17H24N2O4. The first kappa shape index (κ1) is 18.7. The Kier molecular flexibility index (Phi) is 8.46. The van der Waals surface area contributed by atoms with E-state index in [0.717, 1.165) is 12.3 Å². The molecule has 0 aliphatic heterocycles. The average Bonchev–Trinajstić information content (AvgIpc) is 2.48. The monoisotopic (exact) mass is 320 g/mol. The molecule has 0 atom stereocenters. The molecule has 0 bridgehead atoms. The van der Waals surface area contributed by atoms with Crippen LogP contribution in [-0.4, -0.2) is 50.6 Å². The molecule has 6 nitrogen and oxygen atoms in total. The van der Waals surface area contributed by atoms with E-state index in [0.29, 0.717) is 13.2 Å². The number of hydrogen-bond donors (Lipinski definition) is 1. The lowest BCUT2D eigenvalue weighted by Gasteiger charge is -2.11. The molecule has 1 amide bonds. The molecule has 6 heteroatoms. The first-order chi connectivity index (χ1) is 11.0. The van der Waals surface area contributed by atoms with Crippen molar-refractivity contribution in [2.75, 3.05) is 33.9 Å². The smallest absolute Gasteiger partial charge is 0.303 e. The number of rotatable bonds is 9. The van der Waals surface area contributed by atoms with Crippen LogP contribution in [0.15, 0.2) is 36.4 Å². The van der Waals surface area contributed by atoms with Gasteiger partial charge in [-0.3, -0.25) is 9.59 Å². The molecule has 0 saturated heterocycles. The molecule has 0 radical (unpaired) electrons. The number of hydrogen-bond acceptors (Lipinski definition) is 5. The molecule has 23 heavy (non-hydrogen) atoms. The third-order valence-electron chi connectivity index (χ3n) is 2.73. The van der Waals surface area contributed by atoms with Crippen molar-refractivity contribution in [1.82, 2.24) is 10.2 Å². The SMILES string of the molecule is CC(=O)OCC(=O)NC/C=C/COc1cccc(CN(C)C)c1. The van der Waals surface area contributed by atoms with Crippen molar-refractivity contribution in [2.45, 2.75) is 13.5 Å². The summed E-state index contributed by atoms with van der Waals surface area (Å²) in [5.41, 5.74) is 1.19. The molecular weight excluding hydrogens is 296 g/mol. The van der Waals surface area contributed by atoms with Crippen LogP contribution in [-0.2, 0) is 20.9 Å². The van der Waals surface area contributed by atoms with Crippen molar-refractivity contribution in [2.24, 2.45) is 0 Å². The summed E-state index contributed by atoms with van der Waals surface area (Å²) >= 11 is 0. The summed E-state index contributed by atoms with van der Waals surface area (Å²) in [6.45, 7) is 2.66. The van der Waals surface area contributed by atoms with Crippen molar-refractivity contribution < 1.29 is 19.1 Å². The molecule has 0 spiro atoms. The molecule has 1 N–H and O–H groups in total. The van der Waals surface area contributed by atoms with E-state index in [1.165, 1.54) is 12.5 Å². The number of amides is 1. The van der Waals surface area contributed by atoms with Crippen molar-refractivity contribution in [3.05, 3.63) is 42.0 Å². The second-order valence-corrected chi connectivity index (χ2v) is 5.25. The van der Waals surface area contributed by atoms with Gasteiger partial charge in [0.15, 0.2) is 6.61 Å². The molecule has 0 fully saturated rings. The maximum atomic E-state index is 11.3. The van der Waals surface area contributed by atoms with Crippen LogP contribution in [0.4, 0.5) is 0 Å². The molecule has 1 aromatic rings. The summed E-state index contributed by atoms with van der Waals surface area (Å²) in [5.74, 6) is 0.00985. The first-order valence-corrected chi connectivity index (χ1v) is 7.39. The Balaban J connectivity index is 2.23. The molecule has 0 aliphatic carbocycles. The predicted octanol–water partition coefficient (Wildman–Crippen LogP) is 1.36. The van der Waals surface area contributed by atoms with Gasteiger partial charge in [0.1, 0.15) is 12.4 Å². The van der Waals surface area contributed by atoms with E-state index in [9.17, 15) is 9.59 Å². The lowest BCUT2D eigenvalue weighted by atomic mass is 10.2. The average molecular weight is 320 g/mol. The zero-order valence-electron chi connectivity index (χ0n) is 13.9. The number of benzene rings is 1. The second kappa shape index (κ2) is 10.4. The maximum Gasteiger partial charge on any atom is 0.303 e. The van der Waals surface area contributed by atoms with Crippen molar-refractivity contribution in [3.8, 4) is 5.75 Å². The molecule has 1 aromatic carbocycles. The van der Waals surface area contributed by atoms with Gasteiger partial charge in [-0.15, -0.1) is 0 Å². The van der Waals surface area contributed by atoms with E-state index >= 15 is 0 Å². The first-order valence-electron chi connectivity index (χ1n) is 7.39. The molecule has 1 rings (SSSR count). The summed E-state index contributed by atoms with van der Waals surface area (Å²) in [5, 5.41) is 2.60. The zero-order valence-corrected chi connectivity index (χ0v) is 13.9. The van der Waals surface area contributed by atoms with Gasteiger partial charge < -0.3 is 19.7 Å². The van der Waals surface area contributed by atoms with E-state index in [4.69, 9.17) is 4.74 Å². The third kappa shape index (κ3) is 9.31. The Morgan fingerprint density at radius 2 is 2.04 bits per heavy atom. The van der Waals surface area contributed by atoms with Gasteiger partial charge in [0.05, 0.1) is 0 Å². The van der Waals surface area contributed by atoms with Crippen LogP contribution in [0, 0.1) is 0 Å². The van der Waals surface area contributed by atoms with Gasteiger partial charge >= 0.3 is 5.97 Å². The maximum absolute atomic E-state index is 11.3. The minimum atomic E-state index is -0.472. The lowest BCUT2D eigenvalue weighted by molar-refractivity contribution is -0.146. The standard InChI is InChI=1S/C17H24N2O4/c1-14(20)23-13-17(21)18-9-4-5-10-22-16-8-6-7-15(11-16)12-19(2)3/h4-8,11H,9-10,12-13H2,1-3H3,(H,18,21)/b5-4+. The van der Waals surface area contributed by atoms with Gasteiger partial charge in [-0.25, -0.2) is 0 Å². The number of carbonyl (C=O) groups is 2. The van der Waals surface area contributed by atoms with Crippen molar-refractivity contribution in [1.29, 1.82) is 0 Å². The summed E-state index contributed by atoms with van der Waals surface area (Å²) < 4.78 is 10.2. The van der Waals surface area contributed by atoms with Gasteiger partial charge in [-0.2, -0.15) is 0 Å². The molecule has 0 aromatic heterocycles. The Morgan fingerprint density at radius 3 is 2.74 bits per heavy atom. The van der Waals surface area contributed by atoms with E-state index in [1.807, 2.05) is 38.4 Å².